The summed E-state index contributed by atoms with van der Waals surface area (Å²) in [5, 5.41) is 9.10. The number of carbonyl (C=O) groups is 2. The van der Waals surface area contributed by atoms with E-state index >= 15 is 0 Å². The molecule has 5 atom stereocenters. The number of ether oxygens (including phenoxy) is 1. The summed E-state index contributed by atoms with van der Waals surface area (Å²) in [4.78, 5) is 23.0. The number of halogens is 4. The van der Waals surface area contributed by atoms with Crippen LogP contribution in [0.15, 0.2) is 0 Å². The van der Waals surface area contributed by atoms with Gasteiger partial charge in [0.25, 0.3) is 0 Å². The highest BCUT2D eigenvalue weighted by Gasteiger charge is 2.56. The third-order valence-electron chi connectivity index (χ3n) is 4.24. The Morgan fingerprint density at radius 1 is 1.20 bits per heavy atom. The van der Waals surface area contributed by atoms with E-state index in [0.29, 0.717) is 19.3 Å². The van der Waals surface area contributed by atoms with Gasteiger partial charge in [-0.3, -0.25) is 9.59 Å². The number of carboxylic acids is 1. The zero-order valence-electron chi connectivity index (χ0n) is 10.4. The van der Waals surface area contributed by atoms with E-state index in [1.807, 2.05) is 0 Å². The van der Waals surface area contributed by atoms with Crippen LogP contribution >= 0.6 is 0 Å². The average molecular weight is 298 g/mol. The summed E-state index contributed by atoms with van der Waals surface area (Å²) in [5.74, 6) is -5.04. The molecule has 20 heavy (non-hydrogen) atoms. The van der Waals surface area contributed by atoms with Gasteiger partial charge in [-0.25, -0.2) is 4.39 Å². The molecule has 2 bridgehead atoms. The lowest BCUT2D eigenvalue weighted by atomic mass is 9.79. The van der Waals surface area contributed by atoms with Crippen LogP contribution in [0.4, 0.5) is 17.6 Å². The highest BCUT2D eigenvalue weighted by Crippen LogP contribution is 2.53. The van der Waals surface area contributed by atoms with Crippen molar-refractivity contribution in [3.05, 3.63) is 0 Å². The first-order valence-corrected chi connectivity index (χ1v) is 6.31. The molecule has 0 radical (unpaired) electrons. The quantitative estimate of drug-likeness (QED) is 0.638. The summed E-state index contributed by atoms with van der Waals surface area (Å²) >= 11 is 0. The molecule has 2 aliphatic carbocycles. The van der Waals surface area contributed by atoms with Gasteiger partial charge in [0.1, 0.15) is 6.67 Å². The van der Waals surface area contributed by atoms with E-state index in [1.54, 1.807) is 0 Å². The van der Waals surface area contributed by atoms with Gasteiger partial charge in [0, 0.05) is 0 Å². The Bertz CT molecular complexity index is 409. The summed E-state index contributed by atoms with van der Waals surface area (Å²) in [5.41, 5.74) is 0. The van der Waals surface area contributed by atoms with E-state index in [1.165, 1.54) is 0 Å². The molecule has 8 heteroatoms. The summed E-state index contributed by atoms with van der Waals surface area (Å²) < 4.78 is 53.6. The first-order chi connectivity index (χ1) is 9.25. The Morgan fingerprint density at radius 3 is 2.20 bits per heavy atom. The van der Waals surface area contributed by atoms with E-state index < -0.39 is 42.7 Å². The van der Waals surface area contributed by atoms with Crippen molar-refractivity contribution < 1.29 is 37.0 Å². The molecule has 5 unspecified atom stereocenters. The Kier molecular flexibility index (Phi) is 3.93. The third kappa shape index (κ3) is 2.60. The standard InChI is InChI=1S/C12H14F4O4/c13-4-7(12(14,15)16)20-11(19)9-6-2-1-5(3-6)8(9)10(17)18/h5-9H,1-4H2,(H,17,18). The number of fused-ring (bicyclic) bond motifs is 2. The van der Waals surface area contributed by atoms with Gasteiger partial charge in [-0.15, -0.1) is 0 Å². The van der Waals surface area contributed by atoms with Crippen molar-refractivity contribution in [2.45, 2.75) is 31.5 Å². The van der Waals surface area contributed by atoms with Crippen molar-refractivity contribution in [1.29, 1.82) is 0 Å². The molecular formula is C12H14F4O4. The fourth-order valence-corrected chi connectivity index (χ4v) is 3.39. The maximum Gasteiger partial charge on any atom is 0.428 e. The number of carbonyl (C=O) groups excluding carboxylic acids is 1. The highest BCUT2D eigenvalue weighted by molar-refractivity contribution is 5.83. The molecule has 0 aromatic heterocycles. The number of carboxylic acid groups (broad SMARTS) is 1. The van der Waals surface area contributed by atoms with Gasteiger partial charge in [0.05, 0.1) is 11.8 Å². The van der Waals surface area contributed by atoms with Gasteiger partial charge in [-0.05, 0) is 31.1 Å². The summed E-state index contributed by atoms with van der Waals surface area (Å²) in [6.45, 7) is -1.87. The minimum Gasteiger partial charge on any atom is -0.481 e. The second-order valence-electron chi connectivity index (χ2n) is 5.34. The summed E-state index contributed by atoms with van der Waals surface area (Å²) in [7, 11) is 0. The van der Waals surface area contributed by atoms with E-state index in [-0.39, 0.29) is 11.8 Å². The van der Waals surface area contributed by atoms with Crippen molar-refractivity contribution in [2.24, 2.45) is 23.7 Å². The predicted molar refractivity (Wildman–Crippen MR) is 57.4 cm³/mol. The smallest absolute Gasteiger partial charge is 0.428 e. The molecule has 2 aliphatic rings. The molecule has 114 valence electrons. The van der Waals surface area contributed by atoms with E-state index in [9.17, 15) is 27.2 Å². The molecule has 0 aromatic carbocycles. The Hall–Kier alpha value is -1.34. The molecule has 0 heterocycles. The SMILES string of the molecule is O=C(O)C1C2CCC(C2)C1C(=O)OC(CF)C(F)(F)F. The first kappa shape index (κ1) is 15.1. The van der Waals surface area contributed by atoms with Gasteiger partial charge in [-0.1, -0.05) is 0 Å². The van der Waals surface area contributed by atoms with Crippen LogP contribution in [-0.2, 0) is 14.3 Å². The van der Waals surface area contributed by atoms with Gasteiger partial charge < -0.3 is 9.84 Å². The zero-order valence-corrected chi connectivity index (χ0v) is 10.4. The minimum atomic E-state index is -4.99. The first-order valence-electron chi connectivity index (χ1n) is 6.31. The van der Waals surface area contributed by atoms with Crippen molar-refractivity contribution in [3.8, 4) is 0 Å². The van der Waals surface area contributed by atoms with Crippen molar-refractivity contribution in [2.75, 3.05) is 6.67 Å². The number of hydrogen-bond donors (Lipinski definition) is 1. The summed E-state index contributed by atoms with van der Waals surface area (Å²) in [6, 6.07) is 0. The lowest BCUT2D eigenvalue weighted by molar-refractivity contribution is -0.228. The molecule has 0 saturated heterocycles. The Morgan fingerprint density at radius 2 is 1.75 bits per heavy atom. The van der Waals surface area contributed by atoms with Gasteiger partial charge in [0.15, 0.2) is 0 Å². The minimum absolute atomic E-state index is 0.204. The maximum atomic E-state index is 12.4. The number of esters is 1. The van der Waals surface area contributed by atoms with Crippen molar-refractivity contribution in [3.63, 3.8) is 0 Å². The Labute approximate surface area is 112 Å². The lowest BCUT2D eigenvalue weighted by Gasteiger charge is -2.28. The van der Waals surface area contributed by atoms with Crippen molar-refractivity contribution in [1.82, 2.24) is 0 Å². The van der Waals surface area contributed by atoms with Crippen LogP contribution in [0.5, 0.6) is 0 Å². The largest absolute Gasteiger partial charge is 0.481 e. The molecule has 2 fully saturated rings. The predicted octanol–water partition coefficient (Wildman–Crippen LogP) is 2.18. The molecule has 4 nitrogen and oxygen atoms in total. The Balaban J connectivity index is 2.10. The van der Waals surface area contributed by atoms with Crippen molar-refractivity contribution >= 4 is 11.9 Å². The fourth-order valence-electron chi connectivity index (χ4n) is 3.39. The summed E-state index contributed by atoms with van der Waals surface area (Å²) in [6.07, 6.45) is -6.05. The number of rotatable bonds is 4. The average Bonchev–Trinajstić information content (AvgIpc) is 2.93. The third-order valence-corrected chi connectivity index (χ3v) is 4.24. The molecule has 0 aliphatic heterocycles. The van der Waals surface area contributed by atoms with Gasteiger partial charge in [-0.2, -0.15) is 13.2 Å². The molecular weight excluding hydrogens is 284 g/mol. The normalized spacial score (nSPS) is 34.0. The fraction of sp³-hybridized carbons (Fsp3) is 0.833. The van der Waals surface area contributed by atoms with Crippen LogP contribution < -0.4 is 0 Å². The van der Waals surface area contributed by atoms with Crippen LogP contribution in [0.1, 0.15) is 19.3 Å². The maximum absolute atomic E-state index is 12.4. The number of alkyl halides is 4. The molecule has 2 rings (SSSR count). The van der Waals surface area contributed by atoms with E-state index in [2.05, 4.69) is 4.74 Å². The van der Waals surface area contributed by atoms with E-state index in [4.69, 9.17) is 5.11 Å². The molecule has 1 N–H and O–H groups in total. The van der Waals surface area contributed by atoms with E-state index in [0.717, 1.165) is 0 Å². The van der Waals surface area contributed by atoms with Gasteiger partial charge >= 0.3 is 18.1 Å². The molecule has 0 amide bonds. The van der Waals surface area contributed by atoms with Crippen LogP contribution in [0, 0.1) is 23.7 Å². The lowest BCUT2D eigenvalue weighted by Crippen LogP contribution is -2.41. The van der Waals surface area contributed by atoms with Crippen LogP contribution in [-0.4, -0.2) is 36.0 Å². The van der Waals surface area contributed by atoms with Gasteiger partial charge in [0.2, 0.25) is 6.10 Å². The molecule has 0 aromatic rings. The van der Waals surface area contributed by atoms with Crippen LogP contribution in [0.2, 0.25) is 0 Å². The topological polar surface area (TPSA) is 63.6 Å². The zero-order chi connectivity index (χ0) is 15.1. The van der Waals surface area contributed by atoms with Crippen LogP contribution in [0.3, 0.4) is 0 Å². The molecule has 0 spiro atoms. The number of hydrogen-bond acceptors (Lipinski definition) is 3. The second-order valence-corrected chi connectivity index (χ2v) is 5.34. The monoisotopic (exact) mass is 298 g/mol. The van der Waals surface area contributed by atoms with Crippen LogP contribution in [0.25, 0.3) is 0 Å². The molecule has 2 saturated carbocycles. The highest BCUT2D eigenvalue weighted by atomic mass is 19.4. The number of aliphatic carboxylic acids is 1. The second kappa shape index (κ2) is 5.21.